The molecule has 0 aliphatic heterocycles. The molecule has 5 heteroatoms. The molecule has 0 unspecified atom stereocenters. The Kier molecular flexibility index (Phi) is 3.97. The van der Waals surface area contributed by atoms with Crippen molar-refractivity contribution in [1.29, 1.82) is 0 Å². The van der Waals surface area contributed by atoms with E-state index in [9.17, 15) is 9.59 Å². The number of rotatable bonds is 3. The van der Waals surface area contributed by atoms with Crippen LogP contribution in [-0.4, -0.2) is 25.5 Å². The summed E-state index contributed by atoms with van der Waals surface area (Å²) in [5.41, 5.74) is 0.715. The van der Waals surface area contributed by atoms with Gasteiger partial charge in [0, 0.05) is 12.4 Å². The molecule has 3 N–H and O–H groups in total. The van der Waals surface area contributed by atoms with E-state index in [1.54, 1.807) is 0 Å². The number of benzene rings is 2. The molecule has 98 valence electrons. The van der Waals surface area contributed by atoms with Crippen molar-refractivity contribution in [2.24, 2.45) is 0 Å². The average Bonchev–Trinajstić information content (AvgIpc) is 2.45. The second-order valence-electron chi connectivity index (χ2n) is 4.01. The summed E-state index contributed by atoms with van der Waals surface area (Å²) in [6.45, 7) is -0.0485. The van der Waals surface area contributed by atoms with E-state index in [1.165, 1.54) is 7.05 Å². The van der Waals surface area contributed by atoms with Gasteiger partial charge in [0.2, 0.25) is 5.91 Å². The summed E-state index contributed by atoms with van der Waals surface area (Å²) in [4.78, 5) is 22.7. The van der Waals surface area contributed by atoms with E-state index in [1.807, 2.05) is 42.5 Å². The third kappa shape index (κ3) is 3.22. The molecule has 0 bridgehead atoms. The third-order valence-electron chi connectivity index (χ3n) is 2.73. The van der Waals surface area contributed by atoms with Crippen molar-refractivity contribution >= 4 is 28.4 Å². The highest BCUT2D eigenvalue weighted by Crippen LogP contribution is 2.22. The van der Waals surface area contributed by atoms with Crippen LogP contribution in [0.15, 0.2) is 42.5 Å². The van der Waals surface area contributed by atoms with Crippen LogP contribution in [0.5, 0.6) is 0 Å². The minimum absolute atomic E-state index is 0.0485. The molecule has 0 heterocycles. The quantitative estimate of drug-likeness (QED) is 0.783. The van der Waals surface area contributed by atoms with Crippen molar-refractivity contribution in [2.45, 2.75) is 0 Å². The molecule has 0 atom stereocenters. The number of fused-ring (bicyclic) bond motifs is 1. The largest absolute Gasteiger partial charge is 0.358 e. The number of carbonyl (C=O) groups is 2. The lowest BCUT2D eigenvalue weighted by atomic mass is 10.1. The van der Waals surface area contributed by atoms with Gasteiger partial charge in [-0.2, -0.15) is 0 Å². The number of nitrogens with one attached hydrogen (secondary N) is 3. The SMILES string of the molecule is CNC(=O)CNC(=O)Nc1cccc2ccccc12. The van der Waals surface area contributed by atoms with Crippen LogP contribution >= 0.6 is 0 Å². The van der Waals surface area contributed by atoms with Crippen LogP contribution in [0.25, 0.3) is 10.8 Å². The molecule has 19 heavy (non-hydrogen) atoms. The Morgan fingerprint density at radius 2 is 1.79 bits per heavy atom. The third-order valence-corrected chi connectivity index (χ3v) is 2.73. The molecule has 0 saturated carbocycles. The number of urea groups is 1. The van der Waals surface area contributed by atoms with E-state index in [0.717, 1.165) is 10.8 Å². The molecule has 0 aliphatic carbocycles. The molecule has 3 amide bonds. The number of anilines is 1. The Bertz CT molecular complexity index is 605. The molecule has 2 aromatic carbocycles. The van der Waals surface area contributed by atoms with Gasteiger partial charge in [-0.25, -0.2) is 4.79 Å². The van der Waals surface area contributed by atoms with Gasteiger partial charge in [-0.3, -0.25) is 4.79 Å². The number of carbonyl (C=O) groups excluding carboxylic acids is 2. The molecule has 2 aromatic rings. The topological polar surface area (TPSA) is 70.2 Å². The molecule has 5 nitrogen and oxygen atoms in total. The summed E-state index contributed by atoms with van der Waals surface area (Å²) in [7, 11) is 1.52. The first-order valence-corrected chi connectivity index (χ1v) is 5.94. The molecular weight excluding hydrogens is 242 g/mol. The predicted octanol–water partition coefficient (Wildman–Crippen LogP) is 1.71. The zero-order valence-electron chi connectivity index (χ0n) is 10.6. The predicted molar refractivity (Wildman–Crippen MR) is 75.0 cm³/mol. The smallest absolute Gasteiger partial charge is 0.319 e. The van der Waals surface area contributed by atoms with Crippen LogP contribution in [0, 0.1) is 0 Å². The van der Waals surface area contributed by atoms with Gasteiger partial charge in [0.05, 0.1) is 12.2 Å². The fourth-order valence-electron chi connectivity index (χ4n) is 1.75. The summed E-state index contributed by atoms with van der Waals surface area (Å²) in [5, 5.41) is 9.66. The van der Waals surface area contributed by atoms with Gasteiger partial charge in [-0.15, -0.1) is 0 Å². The van der Waals surface area contributed by atoms with Gasteiger partial charge in [-0.1, -0.05) is 36.4 Å². The number of amides is 3. The molecule has 0 aliphatic rings. The van der Waals surface area contributed by atoms with Crippen LogP contribution < -0.4 is 16.0 Å². The van der Waals surface area contributed by atoms with Gasteiger partial charge in [0.15, 0.2) is 0 Å². The van der Waals surface area contributed by atoms with Crippen LogP contribution in [0.4, 0.5) is 10.5 Å². The normalized spacial score (nSPS) is 9.95. The molecule has 0 fully saturated rings. The van der Waals surface area contributed by atoms with Crippen LogP contribution in [-0.2, 0) is 4.79 Å². The van der Waals surface area contributed by atoms with E-state index in [0.29, 0.717) is 5.69 Å². The second kappa shape index (κ2) is 5.86. The Labute approximate surface area is 111 Å². The van der Waals surface area contributed by atoms with E-state index >= 15 is 0 Å². The van der Waals surface area contributed by atoms with Crippen molar-refractivity contribution in [1.82, 2.24) is 10.6 Å². The van der Waals surface area contributed by atoms with Gasteiger partial charge in [-0.05, 0) is 11.5 Å². The van der Waals surface area contributed by atoms with E-state index < -0.39 is 6.03 Å². The molecule has 0 saturated heterocycles. The van der Waals surface area contributed by atoms with Crippen molar-refractivity contribution < 1.29 is 9.59 Å². The first kappa shape index (κ1) is 12.9. The van der Waals surface area contributed by atoms with E-state index in [2.05, 4.69) is 16.0 Å². The molecular formula is C14H15N3O2. The van der Waals surface area contributed by atoms with E-state index in [4.69, 9.17) is 0 Å². The molecule has 0 radical (unpaired) electrons. The minimum Gasteiger partial charge on any atom is -0.358 e. The van der Waals surface area contributed by atoms with Crippen LogP contribution in [0.2, 0.25) is 0 Å². The molecule has 0 aromatic heterocycles. The summed E-state index contributed by atoms with van der Waals surface area (Å²) in [6, 6.07) is 13.0. The number of hydrogen-bond donors (Lipinski definition) is 3. The summed E-state index contributed by atoms with van der Waals surface area (Å²) < 4.78 is 0. The van der Waals surface area contributed by atoms with Gasteiger partial charge >= 0.3 is 6.03 Å². The maximum atomic E-state index is 11.7. The Hall–Kier alpha value is -2.56. The Balaban J connectivity index is 2.09. The summed E-state index contributed by atoms with van der Waals surface area (Å²) in [6.07, 6.45) is 0. The number of hydrogen-bond acceptors (Lipinski definition) is 2. The minimum atomic E-state index is -0.403. The monoisotopic (exact) mass is 257 g/mol. The van der Waals surface area contributed by atoms with Crippen molar-refractivity contribution in [2.75, 3.05) is 18.9 Å². The maximum absolute atomic E-state index is 11.7. The first-order chi connectivity index (χ1) is 9.20. The lowest BCUT2D eigenvalue weighted by Gasteiger charge is -2.09. The average molecular weight is 257 g/mol. The number of likely N-dealkylation sites (N-methyl/N-ethyl adjacent to an activating group) is 1. The van der Waals surface area contributed by atoms with Crippen LogP contribution in [0.3, 0.4) is 0 Å². The van der Waals surface area contributed by atoms with Gasteiger partial charge in [0.1, 0.15) is 0 Å². The zero-order valence-corrected chi connectivity index (χ0v) is 10.6. The Morgan fingerprint density at radius 1 is 1.05 bits per heavy atom. The van der Waals surface area contributed by atoms with Crippen molar-refractivity contribution in [3.05, 3.63) is 42.5 Å². The van der Waals surface area contributed by atoms with Crippen molar-refractivity contribution in [3.8, 4) is 0 Å². The van der Waals surface area contributed by atoms with Crippen molar-refractivity contribution in [3.63, 3.8) is 0 Å². The zero-order chi connectivity index (χ0) is 13.7. The lowest BCUT2D eigenvalue weighted by Crippen LogP contribution is -2.37. The highest BCUT2D eigenvalue weighted by atomic mass is 16.2. The standard InChI is InChI=1S/C14H15N3O2/c1-15-13(18)9-16-14(19)17-12-8-4-6-10-5-2-3-7-11(10)12/h2-8H,9H2,1H3,(H,15,18)(H2,16,17,19). The van der Waals surface area contributed by atoms with Crippen LogP contribution in [0.1, 0.15) is 0 Å². The van der Waals surface area contributed by atoms with E-state index in [-0.39, 0.29) is 12.5 Å². The van der Waals surface area contributed by atoms with Gasteiger partial charge < -0.3 is 16.0 Å². The highest BCUT2D eigenvalue weighted by Gasteiger charge is 2.06. The van der Waals surface area contributed by atoms with Gasteiger partial charge in [0.25, 0.3) is 0 Å². The Morgan fingerprint density at radius 3 is 2.58 bits per heavy atom. The molecule has 0 spiro atoms. The fourth-order valence-corrected chi connectivity index (χ4v) is 1.75. The highest BCUT2D eigenvalue weighted by molar-refractivity contribution is 6.02. The summed E-state index contributed by atoms with van der Waals surface area (Å²) >= 11 is 0. The lowest BCUT2D eigenvalue weighted by molar-refractivity contribution is -0.119. The maximum Gasteiger partial charge on any atom is 0.319 e. The molecule has 2 rings (SSSR count). The fraction of sp³-hybridized carbons (Fsp3) is 0.143. The second-order valence-corrected chi connectivity index (χ2v) is 4.01. The summed E-state index contributed by atoms with van der Waals surface area (Å²) in [5.74, 6) is -0.243. The first-order valence-electron chi connectivity index (χ1n) is 5.94.